The predicted molar refractivity (Wildman–Crippen MR) is 130 cm³/mol. The quantitative estimate of drug-likeness (QED) is 0.393. The number of alkyl halides is 3. The van der Waals surface area contributed by atoms with Crippen LogP contribution in [0.15, 0.2) is 11.1 Å². The highest BCUT2D eigenvalue weighted by Crippen LogP contribution is 2.69. The highest BCUT2D eigenvalue weighted by molar-refractivity contribution is 5.32. The maximum Gasteiger partial charge on any atom is 0.417 e. The Morgan fingerprint density at radius 2 is 1.65 bits per heavy atom. The van der Waals surface area contributed by atoms with Gasteiger partial charge in [-0.05, 0) is 111 Å². The van der Waals surface area contributed by atoms with Crippen LogP contribution in [0.3, 0.4) is 0 Å². The van der Waals surface area contributed by atoms with Crippen molar-refractivity contribution < 1.29 is 23.4 Å². The van der Waals surface area contributed by atoms with E-state index in [0.717, 1.165) is 43.3 Å². The summed E-state index contributed by atoms with van der Waals surface area (Å²) in [7, 11) is 0. The van der Waals surface area contributed by atoms with Gasteiger partial charge in [0.05, 0.1) is 6.10 Å². The van der Waals surface area contributed by atoms with E-state index in [0.29, 0.717) is 47.3 Å². The summed E-state index contributed by atoms with van der Waals surface area (Å²) in [4.78, 5) is 0. The van der Waals surface area contributed by atoms with Gasteiger partial charge in [0.2, 0.25) is 0 Å². The van der Waals surface area contributed by atoms with Crippen molar-refractivity contribution in [2.24, 2.45) is 46.3 Å². The predicted octanol–water partition coefficient (Wildman–Crippen LogP) is 7.68. The number of allylic oxidation sites excluding steroid dienone is 1. The third-order valence-electron chi connectivity index (χ3n) is 11.5. The number of fused-ring (bicyclic) bond motifs is 5. The smallest absolute Gasteiger partial charge is 0.393 e. The molecule has 4 aliphatic rings. The van der Waals surface area contributed by atoms with E-state index < -0.39 is 11.8 Å². The summed E-state index contributed by atoms with van der Waals surface area (Å²) >= 11 is 0. The zero-order valence-corrected chi connectivity index (χ0v) is 22.1. The minimum absolute atomic E-state index is 0.174. The van der Waals surface area contributed by atoms with E-state index in [-0.39, 0.29) is 24.4 Å². The maximum atomic E-state index is 13.7. The Morgan fingerprint density at radius 3 is 2.26 bits per heavy atom. The van der Waals surface area contributed by atoms with Crippen LogP contribution in [0.25, 0.3) is 0 Å². The molecule has 4 aliphatic carbocycles. The monoisotopic (exact) mass is 484 g/mol. The lowest BCUT2D eigenvalue weighted by atomic mass is 9.45. The molecule has 3 saturated carbocycles. The Kier molecular flexibility index (Phi) is 6.85. The molecule has 0 aliphatic heterocycles. The molecule has 5 heteroatoms. The molecule has 0 spiro atoms. The fraction of sp³-hybridized carbons (Fsp3) is 0.931. The molecule has 0 aromatic rings. The van der Waals surface area contributed by atoms with Crippen LogP contribution in [0, 0.1) is 46.3 Å². The molecule has 0 aromatic carbocycles. The van der Waals surface area contributed by atoms with Crippen LogP contribution >= 0.6 is 0 Å². The number of hydrogen-bond acceptors (Lipinski definition) is 2. The molecule has 0 radical (unpaired) electrons. The van der Waals surface area contributed by atoms with E-state index >= 15 is 0 Å². The molecule has 2 nitrogen and oxygen atoms in total. The molecule has 2 N–H and O–H groups in total. The summed E-state index contributed by atoms with van der Waals surface area (Å²) in [6.45, 7) is 13.3. The molecule has 1 unspecified atom stereocenters. The zero-order valence-electron chi connectivity index (χ0n) is 22.1. The second-order valence-electron chi connectivity index (χ2n) is 13.6. The van der Waals surface area contributed by atoms with Crippen molar-refractivity contribution in [3.63, 3.8) is 0 Å². The van der Waals surface area contributed by atoms with Crippen molar-refractivity contribution in [3.8, 4) is 0 Å². The van der Waals surface area contributed by atoms with Crippen molar-refractivity contribution in [1.82, 2.24) is 0 Å². The van der Waals surface area contributed by atoms with Crippen LogP contribution in [0.4, 0.5) is 13.2 Å². The van der Waals surface area contributed by atoms with E-state index in [1.165, 1.54) is 12.8 Å². The molecule has 4 rings (SSSR count). The third kappa shape index (κ3) is 4.09. The van der Waals surface area contributed by atoms with Gasteiger partial charge in [0.25, 0.3) is 0 Å². The summed E-state index contributed by atoms with van der Waals surface area (Å²) in [5, 5.41) is 20.8. The fourth-order valence-corrected chi connectivity index (χ4v) is 9.27. The molecular formula is C29H47F3O2. The van der Waals surface area contributed by atoms with Crippen molar-refractivity contribution in [2.45, 2.75) is 124 Å². The van der Waals surface area contributed by atoms with Gasteiger partial charge in [-0.3, -0.25) is 0 Å². The van der Waals surface area contributed by atoms with Gasteiger partial charge in [-0.15, -0.1) is 0 Å². The topological polar surface area (TPSA) is 40.5 Å². The van der Waals surface area contributed by atoms with Gasteiger partial charge in [0, 0.05) is 6.42 Å². The summed E-state index contributed by atoms with van der Waals surface area (Å²) in [5.41, 5.74) is -0.454. The molecule has 0 aromatic heterocycles. The molecule has 3 fully saturated rings. The van der Waals surface area contributed by atoms with Crippen molar-refractivity contribution in [3.05, 3.63) is 11.1 Å². The Bertz CT molecular complexity index is 804. The lowest BCUT2D eigenvalue weighted by Gasteiger charge is -2.60. The maximum absolute atomic E-state index is 13.7. The number of aliphatic hydroxyl groups excluding tert-OH is 1. The highest BCUT2D eigenvalue weighted by Gasteiger charge is 2.64. The van der Waals surface area contributed by atoms with E-state index in [9.17, 15) is 23.4 Å². The summed E-state index contributed by atoms with van der Waals surface area (Å²) in [6, 6.07) is 0. The Morgan fingerprint density at radius 1 is 0.971 bits per heavy atom. The van der Waals surface area contributed by atoms with Crippen molar-refractivity contribution in [1.29, 1.82) is 0 Å². The molecule has 0 saturated heterocycles. The van der Waals surface area contributed by atoms with Crippen LogP contribution in [0.5, 0.6) is 0 Å². The van der Waals surface area contributed by atoms with E-state index in [1.54, 1.807) is 0 Å². The Balaban J connectivity index is 1.55. The zero-order chi connectivity index (χ0) is 25.3. The van der Waals surface area contributed by atoms with E-state index in [4.69, 9.17) is 0 Å². The second kappa shape index (κ2) is 8.78. The van der Waals surface area contributed by atoms with Gasteiger partial charge >= 0.3 is 6.18 Å². The number of halogens is 3. The summed E-state index contributed by atoms with van der Waals surface area (Å²) in [5.74, 6) is 3.15. The van der Waals surface area contributed by atoms with Crippen LogP contribution < -0.4 is 0 Å². The number of aliphatic hydroxyl groups is 2. The molecule has 0 bridgehead atoms. The van der Waals surface area contributed by atoms with Gasteiger partial charge in [0.15, 0.2) is 5.60 Å². The standard InChI is InChI=1S/C29H47F3O2/c1-17(2)25(33)10-7-18(3)21-8-9-22-20-15-19(4)24-16-28(34,29(30,31)32)14-13-27(24,6)23(20)11-12-26(21,22)5/h17-18,20-23,25,33-34H,7-16H2,1-6H3/t18-,20-,21-,22-,23-,25?,26+,27+,28-/m0/s1. The van der Waals surface area contributed by atoms with Gasteiger partial charge < -0.3 is 10.2 Å². The Hall–Kier alpha value is -0.550. The lowest BCUT2D eigenvalue weighted by molar-refractivity contribution is -0.271. The lowest BCUT2D eigenvalue weighted by Crippen LogP contribution is -2.56. The first kappa shape index (κ1) is 26.5. The normalized spacial score (nSPS) is 44.5. The SMILES string of the molecule is CC1=C2C[C@](O)(C(F)(F)F)CC[C@]2(C)[C@H]2CC[C@@]3(C)[C@@H](CC[C@H]3[C@@H](C)CCC(O)C(C)C)[C@@H]2C1. The van der Waals surface area contributed by atoms with Crippen molar-refractivity contribution >= 4 is 0 Å². The van der Waals surface area contributed by atoms with Crippen LogP contribution in [0.2, 0.25) is 0 Å². The molecular weight excluding hydrogens is 437 g/mol. The molecule has 0 heterocycles. The summed E-state index contributed by atoms with van der Waals surface area (Å²) < 4.78 is 41.0. The van der Waals surface area contributed by atoms with Gasteiger partial charge in [-0.1, -0.05) is 45.8 Å². The first-order valence-corrected chi connectivity index (χ1v) is 13.8. The third-order valence-corrected chi connectivity index (χ3v) is 11.5. The highest BCUT2D eigenvalue weighted by atomic mass is 19.4. The van der Waals surface area contributed by atoms with Gasteiger partial charge in [-0.2, -0.15) is 13.2 Å². The number of rotatable bonds is 5. The first-order chi connectivity index (χ1) is 15.6. The number of hydrogen-bond donors (Lipinski definition) is 2. The molecule has 34 heavy (non-hydrogen) atoms. The van der Waals surface area contributed by atoms with Crippen LogP contribution in [-0.4, -0.2) is 28.1 Å². The minimum Gasteiger partial charge on any atom is -0.393 e. The molecule has 0 amide bonds. The second-order valence-corrected chi connectivity index (χ2v) is 13.6. The minimum atomic E-state index is -4.57. The van der Waals surface area contributed by atoms with Crippen molar-refractivity contribution in [2.75, 3.05) is 0 Å². The van der Waals surface area contributed by atoms with Crippen LogP contribution in [0.1, 0.15) is 106 Å². The first-order valence-electron chi connectivity index (χ1n) is 13.8. The van der Waals surface area contributed by atoms with Gasteiger partial charge in [-0.25, -0.2) is 0 Å². The van der Waals surface area contributed by atoms with Gasteiger partial charge in [0.1, 0.15) is 0 Å². The average Bonchev–Trinajstić information content (AvgIpc) is 3.10. The largest absolute Gasteiger partial charge is 0.417 e. The molecule has 9 atom stereocenters. The average molecular weight is 485 g/mol. The summed E-state index contributed by atoms with van der Waals surface area (Å²) in [6.07, 6.45) is 2.78. The Labute approximate surface area is 204 Å². The fourth-order valence-electron chi connectivity index (χ4n) is 9.27. The van der Waals surface area contributed by atoms with E-state index in [1.807, 2.05) is 6.92 Å². The van der Waals surface area contributed by atoms with E-state index in [2.05, 4.69) is 34.6 Å². The molecule has 196 valence electrons. The van der Waals surface area contributed by atoms with Crippen LogP contribution in [-0.2, 0) is 0 Å².